The van der Waals surface area contributed by atoms with Crippen LogP contribution in [0.4, 0.5) is 5.69 Å². The fourth-order valence-electron chi connectivity index (χ4n) is 2.19. The maximum atomic E-state index is 12.1. The monoisotopic (exact) mass is 344 g/mol. The molecule has 5 nitrogen and oxygen atoms in total. The summed E-state index contributed by atoms with van der Waals surface area (Å²) in [7, 11) is 0. The number of carbonyl (C=O) groups excluding carboxylic acids is 1. The average molecular weight is 344 g/mol. The minimum atomic E-state index is -0.0471. The molecule has 2 N–H and O–H groups in total. The van der Waals surface area contributed by atoms with Gasteiger partial charge in [0.25, 0.3) is 0 Å². The zero-order valence-corrected chi connectivity index (χ0v) is 14.2. The van der Waals surface area contributed by atoms with E-state index in [4.69, 9.17) is 12.2 Å². The number of rotatable bonds is 5. The van der Waals surface area contributed by atoms with Crippen LogP contribution >= 0.6 is 23.6 Å². The predicted molar refractivity (Wildman–Crippen MR) is 95.2 cm³/mol. The number of hydrogen-bond donors (Lipinski definition) is 2. The number of aromatic amines is 1. The summed E-state index contributed by atoms with van der Waals surface area (Å²) in [4.78, 5) is 13.1. The van der Waals surface area contributed by atoms with Crippen LogP contribution in [0.3, 0.4) is 0 Å². The molecule has 3 aromatic rings. The summed E-state index contributed by atoms with van der Waals surface area (Å²) in [5.74, 6) is 0.724. The maximum Gasteiger partial charge on any atom is 0.226 e. The smallest absolute Gasteiger partial charge is 0.226 e. The van der Waals surface area contributed by atoms with E-state index in [0.717, 1.165) is 22.0 Å². The van der Waals surface area contributed by atoms with E-state index in [0.29, 0.717) is 17.7 Å². The van der Waals surface area contributed by atoms with Crippen LogP contribution in [-0.2, 0) is 11.3 Å². The molecule has 2 heterocycles. The van der Waals surface area contributed by atoms with Crippen LogP contribution in [0.2, 0.25) is 0 Å². The van der Waals surface area contributed by atoms with Crippen LogP contribution in [-0.4, -0.2) is 20.7 Å². The summed E-state index contributed by atoms with van der Waals surface area (Å²) in [6, 6.07) is 11.7. The molecule has 0 saturated heterocycles. The van der Waals surface area contributed by atoms with Crippen molar-refractivity contribution in [1.82, 2.24) is 14.8 Å². The standard InChI is InChI=1S/C16H16N4OS2/c1-11-4-6-12(7-5-11)17-14(21)8-9-20-15(18-19-16(20)22)13-3-2-10-23-13/h2-7,10H,8-9H2,1H3,(H,17,21)(H,19,22). The van der Waals surface area contributed by atoms with Gasteiger partial charge < -0.3 is 5.32 Å². The van der Waals surface area contributed by atoms with Crippen LogP contribution in [0.25, 0.3) is 10.7 Å². The van der Waals surface area contributed by atoms with Crippen molar-refractivity contribution in [3.8, 4) is 10.7 Å². The molecule has 0 bridgehead atoms. The summed E-state index contributed by atoms with van der Waals surface area (Å²) in [6.45, 7) is 2.50. The van der Waals surface area contributed by atoms with E-state index in [-0.39, 0.29) is 5.91 Å². The molecule has 23 heavy (non-hydrogen) atoms. The number of H-pyrrole nitrogens is 1. The first-order chi connectivity index (χ1) is 11.1. The molecule has 0 fully saturated rings. The second-order valence-electron chi connectivity index (χ2n) is 5.15. The van der Waals surface area contributed by atoms with Crippen molar-refractivity contribution in [3.05, 3.63) is 52.1 Å². The summed E-state index contributed by atoms with van der Waals surface area (Å²) < 4.78 is 2.38. The number of thiophene rings is 1. The Morgan fingerprint density at radius 1 is 1.35 bits per heavy atom. The minimum Gasteiger partial charge on any atom is -0.326 e. The van der Waals surface area contributed by atoms with Crippen molar-refractivity contribution < 1.29 is 4.79 Å². The fraction of sp³-hybridized carbons (Fsp3) is 0.188. The fourth-order valence-corrected chi connectivity index (χ4v) is 3.14. The van der Waals surface area contributed by atoms with Gasteiger partial charge in [-0.05, 0) is 42.7 Å². The molecular formula is C16H16N4OS2. The molecule has 3 rings (SSSR count). The third kappa shape index (κ3) is 3.75. The van der Waals surface area contributed by atoms with Crippen molar-refractivity contribution in [2.75, 3.05) is 5.32 Å². The Bertz CT molecular complexity index is 847. The molecule has 0 radical (unpaired) electrons. The molecular weight excluding hydrogens is 328 g/mol. The van der Waals surface area contributed by atoms with E-state index >= 15 is 0 Å². The van der Waals surface area contributed by atoms with Crippen molar-refractivity contribution in [1.29, 1.82) is 0 Å². The lowest BCUT2D eigenvalue weighted by Crippen LogP contribution is -2.15. The first-order valence-corrected chi connectivity index (χ1v) is 8.48. The van der Waals surface area contributed by atoms with E-state index in [9.17, 15) is 4.79 Å². The molecule has 118 valence electrons. The molecule has 7 heteroatoms. The number of aryl methyl sites for hydroxylation is 1. The summed E-state index contributed by atoms with van der Waals surface area (Å²) in [6.07, 6.45) is 0.333. The van der Waals surface area contributed by atoms with Crippen LogP contribution in [0.1, 0.15) is 12.0 Å². The van der Waals surface area contributed by atoms with Crippen molar-refractivity contribution >= 4 is 35.1 Å². The number of hydrogen-bond acceptors (Lipinski definition) is 4. The van der Waals surface area contributed by atoms with Gasteiger partial charge >= 0.3 is 0 Å². The van der Waals surface area contributed by atoms with Gasteiger partial charge in [0.1, 0.15) is 0 Å². The summed E-state index contributed by atoms with van der Waals surface area (Å²) >= 11 is 6.85. The topological polar surface area (TPSA) is 62.7 Å². The third-order valence-corrected chi connectivity index (χ3v) is 4.58. The van der Waals surface area contributed by atoms with Gasteiger partial charge in [-0.15, -0.1) is 11.3 Å². The Kier molecular flexibility index (Phi) is 4.68. The second-order valence-corrected chi connectivity index (χ2v) is 6.48. The quantitative estimate of drug-likeness (QED) is 0.688. The van der Waals surface area contributed by atoms with Crippen molar-refractivity contribution in [3.63, 3.8) is 0 Å². The first-order valence-electron chi connectivity index (χ1n) is 7.19. The van der Waals surface area contributed by atoms with Gasteiger partial charge in [-0.3, -0.25) is 14.5 Å². The lowest BCUT2D eigenvalue weighted by molar-refractivity contribution is -0.116. The van der Waals surface area contributed by atoms with Gasteiger partial charge in [0.15, 0.2) is 10.6 Å². The predicted octanol–water partition coefficient (Wildman–Crippen LogP) is 4.01. The molecule has 0 saturated carbocycles. The van der Waals surface area contributed by atoms with E-state index in [1.54, 1.807) is 11.3 Å². The van der Waals surface area contributed by atoms with Crippen LogP contribution < -0.4 is 5.32 Å². The average Bonchev–Trinajstić information content (AvgIpc) is 3.17. The Labute approximate surface area is 143 Å². The molecule has 0 aliphatic rings. The molecule has 0 aliphatic carbocycles. The van der Waals surface area contributed by atoms with Crippen LogP contribution in [0, 0.1) is 11.7 Å². The van der Waals surface area contributed by atoms with Gasteiger partial charge in [-0.25, -0.2) is 0 Å². The van der Waals surface area contributed by atoms with Gasteiger partial charge in [-0.2, -0.15) is 5.10 Å². The highest BCUT2D eigenvalue weighted by molar-refractivity contribution is 7.71. The Morgan fingerprint density at radius 2 is 2.13 bits per heavy atom. The molecule has 0 unspecified atom stereocenters. The molecule has 0 aliphatic heterocycles. The van der Waals surface area contributed by atoms with Crippen LogP contribution in [0.5, 0.6) is 0 Å². The Morgan fingerprint density at radius 3 is 2.83 bits per heavy atom. The number of carbonyl (C=O) groups is 1. The molecule has 0 atom stereocenters. The minimum absolute atomic E-state index is 0.0471. The number of amides is 1. The van der Waals surface area contributed by atoms with Gasteiger partial charge in [0, 0.05) is 18.7 Å². The van der Waals surface area contributed by atoms with E-state index in [2.05, 4.69) is 15.5 Å². The van der Waals surface area contributed by atoms with Crippen molar-refractivity contribution in [2.24, 2.45) is 0 Å². The second kappa shape index (κ2) is 6.89. The van der Waals surface area contributed by atoms with Gasteiger partial charge in [-0.1, -0.05) is 23.8 Å². The number of anilines is 1. The highest BCUT2D eigenvalue weighted by atomic mass is 32.1. The molecule has 2 aromatic heterocycles. The maximum absolute atomic E-state index is 12.1. The highest BCUT2D eigenvalue weighted by Crippen LogP contribution is 2.23. The first kappa shape index (κ1) is 15.6. The van der Waals surface area contributed by atoms with E-state index < -0.39 is 0 Å². The number of benzene rings is 1. The third-order valence-electron chi connectivity index (χ3n) is 3.40. The Balaban J connectivity index is 1.67. The van der Waals surface area contributed by atoms with Crippen LogP contribution in [0.15, 0.2) is 41.8 Å². The van der Waals surface area contributed by atoms with Gasteiger partial charge in [0.2, 0.25) is 5.91 Å². The normalized spacial score (nSPS) is 10.7. The lowest BCUT2D eigenvalue weighted by atomic mass is 10.2. The highest BCUT2D eigenvalue weighted by Gasteiger charge is 2.11. The zero-order valence-electron chi connectivity index (χ0n) is 12.6. The van der Waals surface area contributed by atoms with E-state index in [1.165, 1.54) is 0 Å². The number of nitrogens with one attached hydrogen (secondary N) is 2. The molecule has 1 aromatic carbocycles. The largest absolute Gasteiger partial charge is 0.326 e. The lowest BCUT2D eigenvalue weighted by Gasteiger charge is -2.07. The summed E-state index contributed by atoms with van der Waals surface area (Å²) in [5.41, 5.74) is 1.96. The van der Waals surface area contributed by atoms with Crippen molar-refractivity contribution in [2.45, 2.75) is 19.9 Å². The van der Waals surface area contributed by atoms with E-state index in [1.807, 2.05) is 53.3 Å². The summed E-state index contributed by atoms with van der Waals surface area (Å²) in [5, 5.41) is 11.9. The Hall–Kier alpha value is -2.25. The zero-order chi connectivity index (χ0) is 16.2. The number of nitrogens with zero attached hydrogens (tertiary/aromatic N) is 2. The SMILES string of the molecule is Cc1ccc(NC(=O)CCn2c(-c3cccs3)n[nH]c2=S)cc1. The number of aromatic nitrogens is 3. The van der Waals surface area contributed by atoms with Gasteiger partial charge in [0.05, 0.1) is 4.88 Å². The molecule has 0 spiro atoms. The molecule has 1 amide bonds.